The van der Waals surface area contributed by atoms with Crippen LogP contribution in [0, 0.1) is 11.8 Å². The Hall–Kier alpha value is -0.860. The summed E-state index contributed by atoms with van der Waals surface area (Å²) in [6.07, 6.45) is 0.251. The highest BCUT2D eigenvalue weighted by atomic mass is 32.1. The normalized spacial score (nSPS) is 10.4. The molecule has 0 aliphatic heterocycles. The summed E-state index contributed by atoms with van der Waals surface area (Å²) in [7, 11) is 0. The van der Waals surface area contributed by atoms with E-state index in [4.69, 9.17) is 14.6 Å². The monoisotopic (exact) mass is 254 g/mol. The van der Waals surface area contributed by atoms with Gasteiger partial charge in [-0.05, 0) is 19.9 Å². The van der Waals surface area contributed by atoms with Crippen LogP contribution in [0.4, 0.5) is 0 Å². The maximum atomic E-state index is 8.57. The van der Waals surface area contributed by atoms with Gasteiger partial charge in [0.05, 0.1) is 25.9 Å². The summed E-state index contributed by atoms with van der Waals surface area (Å²) in [5, 5.41) is 10.5. The molecule has 4 heteroatoms. The van der Waals surface area contributed by atoms with E-state index in [0.717, 1.165) is 10.4 Å². The zero-order chi connectivity index (χ0) is 12.5. The molecule has 0 fully saturated rings. The van der Waals surface area contributed by atoms with Crippen molar-refractivity contribution in [1.82, 2.24) is 0 Å². The van der Waals surface area contributed by atoms with Gasteiger partial charge in [0.15, 0.2) is 0 Å². The maximum absolute atomic E-state index is 8.57. The molecule has 94 valence electrons. The summed E-state index contributed by atoms with van der Waals surface area (Å²) in [6.45, 7) is 5.73. The van der Waals surface area contributed by atoms with Gasteiger partial charge in [0.1, 0.15) is 6.61 Å². The van der Waals surface area contributed by atoms with Crippen molar-refractivity contribution in [2.75, 3.05) is 19.8 Å². The fourth-order valence-electron chi connectivity index (χ4n) is 1.18. The molecule has 0 amide bonds. The molecule has 0 radical (unpaired) electrons. The van der Waals surface area contributed by atoms with Crippen molar-refractivity contribution in [2.24, 2.45) is 0 Å². The lowest BCUT2D eigenvalue weighted by Gasteiger charge is -2.07. The first-order chi connectivity index (χ1) is 8.22. The zero-order valence-electron chi connectivity index (χ0n) is 10.2. The molecular formula is C13H18O3S. The van der Waals surface area contributed by atoms with Crippen LogP contribution in [-0.4, -0.2) is 31.0 Å². The van der Waals surface area contributed by atoms with Gasteiger partial charge in [-0.15, -0.1) is 11.3 Å². The Morgan fingerprint density at radius 3 is 2.94 bits per heavy atom. The van der Waals surface area contributed by atoms with Gasteiger partial charge in [0.25, 0.3) is 0 Å². The van der Waals surface area contributed by atoms with Gasteiger partial charge in [0, 0.05) is 15.8 Å². The first-order valence-electron chi connectivity index (χ1n) is 5.59. The van der Waals surface area contributed by atoms with E-state index in [1.165, 1.54) is 0 Å². The van der Waals surface area contributed by atoms with Crippen LogP contribution in [0.15, 0.2) is 11.4 Å². The predicted molar refractivity (Wildman–Crippen MR) is 69.0 cm³/mol. The van der Waals surface area contributed by atoms with E-state index < -0.39 is 0 Å². The SMILES string of the molecule is CC(C)OCCOCc1cc(C#CCO)cs1. The Morgan fingerprint density at radius 2 is 2.24 bits per heavy atom. The molecule has 0 saturated heterocycles. The smallest absolute Gasteiger partial charge is 0.104 e. The second-order valence-corrected chi connectivity index (χ2v) is 4.73. The van der Waals surface area contributed by atoms with Crippen LogP contribution < -0.4 is 0 Å². The van der Waals surface area contributed by atoms with Gasteiger partial charge in [-0.25, -0.2) is 0 Å². The summed E-state index contributed by atoms with van der Waals surface area (Å²) in [5.74, 6) is 5.48. The minimum atomic E-state index is -0.103. The topological polar surface area (TPSA) is 38.7 Å². The van der Waals surface area contributed by atoms with Gasteiger partial charge in [-0.1, -0.05) is 11.8 Å². The molecule has 17 heavy (non-hydrogen) atoms. The highest BCUT2D eigenvalue weighted by Gasteiger charge is 1.98. The molecule has 1 heterocycles. The highest BCUT2D eigenvalue weighted by molar-refractivity contribution is 7.10. The fraction of sp³-hybridized carbons (Fsp3) is 0.538. The van der Waals surface area contributed by atoms with Crippen molar-refractivity contribution < 1.29 is 14.6 Å². The first kappa shape index (κ1) is 14.2. The van der Waals surface area contributed by atoms with Gasteiger partial charge in [-0.2, -0.15) is 0 Å². The lowest BCUT2D eigenvalue weighted by Crippen LogP contribution is -2.09. The quantitative estimate of drug-likeness (QED) is 0.623. The van der Waals surface area contributed by atoms with E-state index in [1.807, 2.05) is 25.3 Å². The average molecular weight is 254 g/mol. The van der Waals surface area contributed by atoms with Crippen molar-refractivity contribution in [3.63, 3.8) is 0 Å². The van der Waals surface area contributed by atoms with Crippen LogP contribution in [-0.2, 0) is 16.1 Å². The third-order valence-corrected chi connectivity index (χ3v) is 2.80. The molecule has 1 aromatic heterocycles. The molecule has 1 N–H and O–H groups in total. The Labute approximate surface area is 106 Å². The number of aliphatic hydroxyl groups is 1. The van der Waals surface area contributed by atoms with Crippen molar-refractivity contribution in [3.05, 3.63) is 21.9 Å². The molecule has 3 nitrogen and oxygen atoms in total. The molecule has 0 bridgehead atoms. The van der Waals surface area contributed by atoms with Crippen LogP contribution in [0.5, 0.6) is 0 Å². The molecule has 0 aliphatic rings. The number of hydrogen-bond donors (Lipinski definition) is 1. The van der Waals surface area contributed by atoms with Crippen molar-refractivity contribution in [3.8, 4) is 11.8 Å². The van der Waals surface area contributed by atoms with Gasteiger partial charge < -0.3 is 14.6 Å². The van der Waals surface area contributed by atoms with E-state index in [2.05, 4.69) is 11.8 Å². The Bertz CT molecular complexity index is 374. The van der Waals surface area contributed by atoms with Gasteiger partial charge >= 0.3 is 0 Å². The minimum Gasteiger partial charge on any atom is -0.384 e. The van der Waals surface area contributed by atoms with Crippen LogP contribution in [0.1, 0.15) is 24.3 Å². The molecule has 0 unspecified atom stereocenters. The summed E-state index contributed by atoms with van der Waals surface area (Å²) in [5.41, 5.74) is 0.932. The Morgan fingerprint density at radius 1 is 1.41 bits per heavy atom. The van der Waals surface area contributed by atoms with Crippen molar-refractivity contribution >= 4 is 11.3 Å². The summed E-state index contributed by atoms with van der Waals surface area (Å²) < 4.78 is 10.8. The number of aliphatic hydroxyl groups excluding tert-OH is 1. The van der Waals surface area contributed by atoms with E-state index in [-0.39, 0.29) is 12.7 Å². The zero-order valence-corrected chi connectivity index (χ0v) is 11.0. The number of hydrogen-bond acceptors (Lipinski definition) is 4. The third-order valence-electron chi connectivity index (χ3n) is 1.89. The van der Waals surface area contributed by atoms with Crippen LogP contribution in [0.2, 0.25) is 0 Å². The minimum absolute atomic E-state index is 0.103. The maximum Gasteiger partial charge on any atom is 0.104 e. The Balaban J connectivity index is 2.21. The van der Waals surface area contributed by atoms with Gasteiger partial charge in [0.2, 0.25) is 0 Å². The van der Waals surface area contributed by atoms with E-state index in [9.17, 15) is 0 Å². The van der Waals surface area contributed by atoms with E-state index in [0.29, 0.717) is 19.8 Å². The molecule has 0 saturated carbocycles. The highest BCUT2D eigenvalue weighted by Crippen LogP contribution is 2.14. The van der Waals surface area contributed by atoms with Crippen LogP contribution in [0.25, 0.3) is 0 Å². The van der Waals surface area contributed by atoms with Gasteiger partial charge in [-0.3, -0.25) is 0 Å². The van der Waals surface area contributed by atoms with E-state index >= 15 is 0 Å². The molecule has 0 atom stereocenters. The third kappa shape index (κ3) is 6.44. The second-order valence-electron chi connectivity index (χ2n) is 3.73. The standard InChI is InChI=1S/C13H18O3S/c1-11(2)16-7-6-15-9-13-8-12(10-17-13)4-3-5-14/h8,10-11,14H,5-7,9H2,1-2H3. The molecule has 0 aromatic carbocycles. The lowest BCUT2D eigenvalue weighted by atomic mass is 10.3. The molecule has 1 rings (SSSR count). The van der Waals surface area contributed by atoms with Crippen molar-refractivity contribution in [1.29, 1.82) is 0 Å². The molecule has 1 aromatic rings. The number of thiophene rings is 1. The second kappa shape index (κ2) is 8.26. The van der Waals surface area contributed by atoms with Crippen molar-refractivity contribution in [2.45, 2.75) is 26.6 Å². The molecule has 0 aliphatic carbocycles. The lowest BCUT2D eigenvalue weighted by molar-refractivity contribution is 0.0149. The average Bonchev–Trinajstić information content (AvgIpc) is 2.73. The summed E-state index contributed by atoms with van der Waals surface area (Å²) in [4.78, 5) is 1.14. The van der Waals surface area contributed by atoms with E-state index in [1.54, 1.807) is 11.3 Å². The first-order valence-corrected chi connectivity index (χ1v) is 6.47. The molecule has 0 spiro atoms. The molecular weight excluding hydrogens is 236 g/mol. The summed E-state index contributed by atoms with van der Waals surface area (Å²) in [6, 6.07) is 1.98. The largest absolute Gasteiger partial charge is 0.384 e. The Kier molecular flexibility index (Phi) is 6.90. The predicted octanol–water partition coefficient (Wildman–Crippen LogP) is 2.03. The van der Waals surface area contributed by atoms with Crippen LogP contribution in [0.3, 0.4) is 0 Å². The number of rotatable bonds is 6. The number of ether oxygens (including phenoxy) is 2. The fourth-order valence-corrected chi connectivity index (χ4v) is 1.93. The summed E-state index contributed by atoms with van der Waals surface area (Å²) >= 11 is 1.61. The van der Waals surface area contributed by atoms with Crippen LogP contribution >= 0.6 is 11.3 Å².